The minimum absolute atomic E-state index is 0.0898. The van der Waals surface area contributed by atoms with E-state index >= 15 is 0 Å². The van der Waals surface area contributed by atoms with E-state index in [2.05, 4.69) is 20.4 Å². The molecule has 2 aromatic rings. The summed E-state index contributed by atoms with van der Waals surface area (Å²) in [5.41, 5.74) is 8.22. The number of alkyl halides is 3. The summed E-state index contributed by atoms with van der Waals surface area (Å²) in [5, 5.41) is 13.4. The van der Waals surface area contributed by atoms with Crippen molar-refractivity contribution in [3.8, 4) is 0 Å². The molecular formula is C29H36F3N5O5. The molecule has 42 heavy (non-hydrogen) atoms. The van der Waals surface area contributed by atoms with Gasteiger partial charge in [-0.3, -0.25) is 14.4 Å². The number of carbonyl (C=O) groups excluding carboxylic acids is 3. The number of piperazine rings is 1. The molecule has 0 bridgehead atoms. The zero-order valence-corrected chi connectivity index (χ0v) is 23.4. The number of anilines is 1. The third-order valence-corrected chi connectivity index (χ3v) is 6.99. The molecular weight excluding hydrogens is 555 g/mol. The largest absolute Gasteiger partial charge is 0.490 e. The predicted octanol–water partition coefficient (Wildman–Crippen LogP) is 2.37. The minimum Gasteiger partial charge on any atom is -0.475 e. The second kappa shape index (κ2) is 14.9. The number of fused-ring (bicyclic) bond motifs is 2. The molecule has 0 radical (unpaired) electrons. The minimum atomic E-state index is -5.08. The number of carboxylic acid groups (broad SMARTS) is 1. The Morgan fingerprint density at radius 3 is 1.90 bits per heavy atom. The van der Waals surface area contributed by atoms with Crippen LogP contribution in [0.1, 0.15) is 51.6 Å². The molecule has 1 fully saturated rings. The summed E-state index contributed by atoms with van der Waals surface area (Å²) in [6.07, 6.45) is -3.21. The van der Waals surface area contributed by atoms with E-state index in [-0.39, 0.29) is 17.5 Å². The lowest BCUT2D eigenvalue weighted by Crippen LogP contribution is -2.47. The maximum atomic E-state index is 13.1. The first-order chi connectivity index (χ1) is 19.9. The van der Waals surface area contributed by atoms with Crippen molar-refractivity contribution >= 4 is 29.1 Å². The monoisotopic (exact) mass is 591 g/mol. The Morgan fingerprint density at radius 1 is 0.881 bits per heavy atom. The fourth-order valence-electron chi connectivity index (χ4n) is 4.73. The molecule has 228 valence electrons. The van der Waals surface area contributed by atoms with Crippen molar-refractivity contribution in [1.82, 2.24) is 15.1 Å². The molecule has 10 nitrogen and oxygen atoms in total. The number of halogens is 3. The van der Waals surface area contributed by atoms with Crippen LogP contribution in [0, 0.1) is 0 Å². The lowest BCUT2D eigenvalue weighted by Gasteiger charge is -2.34. The fourth-order valence-corrected chi connectivity index (χ4v) is 4.73. The van der Waals surface area contributed by atoms with Gasteiger partial charge in [0.05, 0.1) is 11.6 Å². The maximum Gasteiger partial charge on any atom is 0.490 e. The number of carboxylic acids is 1. The van der Waals surface area contributed by atoms with Crippen molar-refractivity contribution in [3.63, 3.8) is 0 Å². The predicted molar refractivity (Wildman–Crippen MR) is 151 cm³/mol. The van der Waals surface area contributed by atoms with E-state index in [1.165, 1.54) is 0 Å². The average molecular weight is 592 g/mol. The van der Waals surface area contributed by atoms with E-state index < -0.39 is 18.2 Å². The molecule has 1 atom stereocenters. The molecule has 2 aliphatic rings. The van der Waals surface area contributed by atoms with Crippen molar-refractivity contribution in [1.29, 1.82) is 0 Å². The highest BCUT2D eigenvalue weighted by atomic mass is 19.4. The highest BCUT2D eigenvalue weighted by molar-refractivity contribution is 6.30. The summed E-state index contributed by atoms with van der Waals surface area (Å²) < 4.78 is 31.7. The van der Waals surface area contributed by atoms with Crippen LogP contribution in [0.2, 0.25) is 0 Å². The van der Waals surface area contributed by atoms with Gasteiger partial charge in [0.2, 0.25) is 5.91 Å². The van der Waals surface area contributed by atoms with Gasteiger partial charge < -0.3 is 31.3 Å². The van der Waals surface area contributed by atoms with Crippen molar-refractivity contribution in [3.05, 3.63) is 64.7 Å². The molecule has 1 aliphatic heterocycles. The number of nitrogens with zero attached hydrogens (tertiary/aromatic N) is 2. The number of benzene rings is 2. The highest BCUT2D eigenvalue weighted by Crippen LogP contribution is 2.31. The first-order valence-electron chi connectivity index (χ1n) is 13.7. The zero-order chi connectivity index (χ0) is 30.9. The summed E-state index contributed by atoms with van der Waals surface area (Å²) >= 11 is 0. The molecule has 0 spiro atoms. The lowest BCUT2D eigenvalue weighted by molar-refractivity contribution is -0.192. The Labute approximate surface area is 242 Å². The van der Waals surface area contributed by atoms with Crippen LogP contribution >= 0.6 is 0 Å². The van der Waals surface area contributed by atoms with Crippen LogP contribution in [0.15, 0.2) is 42.5 Å². The van der Waals surface area contributed by atoms with Gasteiger partial charge in [-0.05, 0) is 38.9 Å². The van der Waals surface area contributed by atoms with Crippen LogP contribution in [0.4, 0.5) is 18.9 Å². The average Bonchev–Trinajstić information content (AvgIpc) is 2.96. The molecule has 1 amide bonds. The number of nitrogens with two attached hydrogens (primary N) is 1. The standard InChI is InChI=1S/C27H35N5O3.C2HF3O2/c1-19(28)27(35)30-12-6-14-32-17-15-31(16-18-32)13-5-11-29-23-10-4-9-22-24(23)26(34)21-8-3-2-7-20(21)25(22)33;3-2(4,5)1(6)7/h2-4,7-10,19,29H,5-6,11-18,28H2,1H3,(H,30,35);(H,6,7)/t19-;/m1./s1. The van der Waals surface area contributed by atoms with Gasteiger partial charge in [0.25, 0.3) is 0 Å². The number of hydrogen-bond donors (Lipinski definition) is 4. The topological polar surface area (TPSA) is 145 Å². The summed E-state index contributed by atoms with van der Waals surface area (Å²) in [4.78, 5) is 51.3. The van der Waals surface area contributed by atoms with Crippen LogP contribution in [0.3, 0.4) is 0 Å². The van der Waals surface area contributed by atoms with Crippen LogP contribution in [0.5, 0.6) is 0 Å². The molecule has 0 saturated carbocycles. The molecule has 0 unspecified atom stereocenters. The molecule has 13 heteroatoms. The number of hydrogen-bond acceptors (Lipinski definition) is 8. The van der Waals surface area contributed by atoms with Crippen LogP contribution in [-0.2, 0) is 9.59 Å². The van der Waals surface area contributed by atoms with E-state index in [4.69, 9.17) is 15.6 Å². The van der Waals surface area contributed by atoms with E-state index in [1.807, 2.05) is 12.1 Å². The molecule has 1 aliphatic carbocycles. The molecule has 0 aromatic heterocycles. The maximum absolute atomic E-state index is 13.1. The smallest absolute Gasteiger partial charge is 0.475 e. The van der Waals surface area contributed by atoms with Gasteiger partial charge in [-0.2, -0.15) is 13.2 Å². The highest BCUT2D eigenvalue weighted by Gasteiger charge is 2.38. The summed E-state index contributed by atoms with van der Waals surface area (Å²) in [7, 11) is 0. The second-order valence-electron chi connectivity index (χ2n) is 10.1. The third kappa shape index (κ3) is 8.84. The Balaban J connectivity index is 0.000000616. The first-order valence-corrected chi connectivity index (χ1v) is 13.7. The number of ketones is 2. The number of carbonyl (C=O) groups is 4. The molecule has 1 saturated heterocycles. The van der Waals surface area contributed by atoms with Crippen LogP contribution in [-0.4, -0.2) is 103 Å². The van der Waals surface area contributed by atoms with Gasteiger partial charge in [-0.15, -0.1) is 0 Å². The summed E-state index contributed by atoms with van der Waals surface area (Å²) in [6, 6.07) is 12.0. The van der Waals surface area contributed by atoms with Gasteiger partial charge in [0.1, 0.15) is 0 Å². The molecule has 1 heterocycles. The Hall–Kier alpha value is -3.81. The van der Waals surface area contributed by atoms with Gasteiger partial charge in [0, 0.05) is 61.6 Å². The lowest BCUT2D eigenvalue weighted by atomic mass is 9.83. The van der Waals surface area contributed by atoms with Crippen LogP contribution in [0.25, 0.3) is 0 Å². The first kappa shape index (κ1) is 32.7. The fraction of sp³-hybridized carbons (Fsp3) is 0.448. The van der Waals surface area contributed by atoms with E-state index in [9.17, 15) is 27.6 Å². The van der Waals surface area contributed by atoms with Crippen molar-refractivity contribution < 1.29 is 37.5 Å². The van der Waals surface area contributed by atoms with Crippen molar-refractivity contribution in [2.24, 2.45) is 5.73 Å². The van der Waals surface area contributed by atoms with Gasteiger partial charge in [0.15, 0.2) is 11.6 Å². The normalized spacial score (nSPS) is 16.0. The van der Waals surface area contributed by atoms with Crippen molar-refractivity contribution in [2.45, 2.75) is 32.0 Å². The molecule has 4 rings (SSSR count). The number of amides is 1. The third-order valence-electron chi connectivity index (χ3n) is 6.99. The molecule has 5 N–H and O–H groups in total. The van der Waals surface area contributed by atoms with E-state index in [0.29, 0.717) is 28.8 Å². The number of nitrogens with one attached hydrogen (secondary N) is 2. The summed E-state index contributed by atoms with van der Waals surface area (Å²) in [5.74, 6) is -3.03. The Kier molecular flexibility index (Phi) is 11.6. The Morgan fingerprint density at radius 2 is 1.38 bits per heavy atom. The van der Waals surface area contributed by atoms with Crippen molar-refractivity contribution in [2.75, 3.05) is 57.7 Å². The zero-order valence-electron chi connectivity index (χ0n) is 23.4. The number of aliphatic carboxylic acids is 1. The van der Waals surface area contributed by atoms with Crippen LogP contribution < -0.4 is 16.4 Å². The molecule has 2 aromatic carbocycles. The SMILES string of the molecule is C[C@@H](N)C(=O)NCCCN1CCN(CCCNc2cccc3c2C(=O)c2ccccc2C3=O)CC1.O=C(O)C(F)(F)F. The van der Waals surface area contributed by atoms with E-state index in [0.717, 1.165) is 64.3 Å². The van der Waals surface area contributed by atoms with E-state index in [1.54, 1.807) is 37.3 Å². The Bertz CT molecular complexity index is 1280. The van der Waals surface area contributed by atoms with Gasteiger partial charge in [-0.1, -0.05) is 36.4 Å². The van der Waals surface area contributed by atoms with Gasteiger partial charge >= 0.3 is 12.1 Å². The quantitative estimate of drug-likeness (QED) is 0.261. The summed E-state index contributed by atoms with van der Waals surface area (Å²) in [6.45, 7) is 9.15. The second-order valence-corrected chi connectivity index (χ2v) is 10.1. The number of rotatable bonds is 10. The van der Waals surface area contributed by atoms with Gasteiger partial charge in [-0.25, -0.2) is 4.79 Å².